The Morgan fingerprint density at radius 2 is 2.00 bits per heavy atom. The molecule has 0 unspecified atom stereocenters. The van der Waals surface area contributed by atoms with E-state index in [1.165, 1.54) is 4.48 Å². The molecule has 0 nitrogen and oxygen atoms in total. The Balaban J connectivity index is 3.29. The third kappa shape index (κ3) is 5.04. The molecule has 0 aromatic carbocycles. The van der Waals surface area contributed by atoms with Gasteiger partial charge in [-0.1, -0.05) is 53.9 Å². The lowest BCUT2D eigenvalue weighted by Crippen LogP contribution is -1.69. The van der Waals surface area contributed by atoms with Gasteiger partial charge in [0.25, 0.3) is 0 Å². The topological polar surface area (TPSA) is 0 Å². The first-order valence-electron chi connectivity index (χ1n) is 1.77. The Hall–Kier alpha value is 1.18. The Labute approximate surface area is 68.7 Å². The van der Waals surface area contributed by atoms with Gasteiger partial charge in [0.05, 0.1) is 0 Å². The molecule has 3 heteroatoms. The van der Waals surface area contributed by atoms with Gasteiger partial charge < -0.3 is 0 Å². The molecule has 0 amide bonds. The van der Waals surface area contributed by atoms with Gasteiger partial charge in [-0.3, -0.25) is 0 Å². The molecule has 0 spiro atoms. The molecular weight excluding hydrogens is 288 g/mol. The average Bonchev–Trinajstić information content (AvgIpc) is 1.68. The minimum Gasteiger partial charge on any atom is -0.0883 e. The molecule has 0 fully saturated rings. The number of rotatable bonds is 2. The predicted molar refractivity (Wildman–Crippen MR) is 44.6 cm³/mol. The number of allylic oxidation sites excluding steroid dienone is 2. The Bertz CT molecular complexity index is 67.3. The maximum absolute atomic E-state index is 3.32. The van der Waals surface area contributed by atoms with Crippen molar-refractivity contribution in [2.45, 2.75) is 0 Å². The third-order valence-electron chi connectivity index (χ3n) is 0.426. The smallest absolute Gasteiger partial charge is 0.0346 e. The first-order valence-corrected chi connectivity index (χ1v) is 4.81. The van der Waals surface area contributed by atoms with Crippen molar-refractivity contribution in [2.24, 2.45) is 0 Å². The van der Waals surface area contributed by atoms with Gasteiger partial charge in [-0.25, -0.2) is 0 Å². The highest BCUT2D eigenvalue weighted by Gasteiger charge is 1.81. The molecule has 0 saturated heterocycles. The van der Waals surface area contributed by atoms with Crippen LogP contribution in [0, 0.1) is 0 Å². The van der Waals surface area contributed by atoms with Crippen LogP contribution in [0.4, 0.5) is 0 Å². The SMILES string of the molecule is BrCC=C(Br)CBr. The molecule has 0 heterocycles. The fraction of sp³-hybridized carbons (Fsp3) is 0.500. The van der Waals surface area contributed by atoms with E-state index in [0.29, 0.717) is 0 Å². The molecule has 0 aliphatic carbocycles. The molecule has 42 valence electrons. The van der Waals surface area contributed by atoms with Crippen molar-refractivity contribution in [2.75, 3.05) is 10.7 Å². The van der Waals surface area contributed by atoms with Crippen LogP contribution in [0.5, 0.6) is 0 Å². The summed E-state index contributed by atoms with van der Waals surface area (Å²) in [6.45, 7) is 0. The molecule has 0 aromatic rings. The third-order valence-corrected chi connectivity index (χ3v) is 2.71. The van der Waals surface area contributed by atoms with Gasteiger partial charge >= 0.3 is 0 Å². The lowest BCUT2D eigenvalue weighted by Gasteiger charge is -1.83. The van der Waals surface area contributed by atoms with Crippen LogP contribution in [0.25, 0.3) is 0 Å². The molecule has 0 aromatic heterocycles. The van der Waals surface area contributed by atoms with Gasteiger partial charge in [0, 0.05) is 15.1 Å². The summed E-state index contributed by atoms with van der Waals surface area (Å²) in [5.74, 6) is 0. The molecule has 0 saturated carbocycles. The Kier molecular flexibility index (Phi) is 6.22. The summed E-state index contributed by atoms with van der Waals surface area (Å²) >= 11 is 9.86. The van der Waals surface area contributed by atoms with Crippen molar-refractivity contribution in [3.8, 4) is 0 Å². The van der Waals surface area contributed by atoms with E-state index in [0.717, 1.165) is 10.7 Å². The van der Waals surface area contributed by atoms with E-state index >= 15 is 0 Å². The van der Waals surface area contributed by atoms with Gasteiger partial charge in [-0.05, 0) is 0 Å². The lowest BCUT2D eigenvalue weighted by molar-refractivity contribution is 1.67. The summed E-state index contributed by atoms with van der Waals surface area (Å²) in [7, 11) is 0. The Morgan fingerprint density at radius 3 is 2.14 bits per heavy atom. The highest BCUT2D eigenvalue weighted by atomic mass is 79.9. The molecule has 0 N–H and O–H groups in total. The zero-order valence-corrected chi connectivity index (χ0v) is 8.38. The van der Waals surface area contributed by atoms with E-state index in [1.807, 2.05) is 0 Å². The first-order chi connectivity index (χ1) is 3.31. The average molecular weight is 293 g/mol. The fourth-order valence-electron chi connectivity index (χ4n) is 0.138. The number of halogens is 3. The second kappa shape index (κ2) is 5.32. The summed E-state index contributed by atoms with van der Waals surface area (Å²) in [4.78, 5) is 0. The molecule has 0 aliphatic rings. The molecule has 0 atom stereocenters. The summed E-state index contributed by atoms with van der Waals surface area (Å²) in [6, 6.07) is 0. The number of hydrogen-bond acceptors (Lipinski definition) is 0. The minimum atomic E-state index is 0.901. The van der Waals surface area contributed by atoms with E-state index in [-0.39, 0.29) is 0 Å². The van der Waals surface area contributed by atoms with Crippen molar-refractivity contribution in [1.82, 2.24) is 0 Å². The van der Waals surface area contributed by atoms with Crippen LogP contribution in [0.1, 0.15) is 0 Å². The summed E-state index contributed by atoms with van der Waals surface area (Å²) in [6.07, 6.45) is 2.05. The second-order valence-electron chi connectivity index (χ2n) is 0.939. The van der Waals surface area contributed by atoms with Crippen molar-refractivity contribution in [1.29, 1.82) is 0 Å². The van der Waals surface area contributed by atoms with Crippen molar-refractivity contribution in [3.63, 3.8) is 0 Å². The van der Waals surface area contributed by atoms with Gasteiger partial charge in [0.15, 0.2) is 0 Å². The monoisotopic (exact) mass is 290 g/mol. The van der Waals surface area contributed by atoms with Crippen LogP contribution in [0.3, 0.4) is 0 Å². The van der Waals surface area contributed by atoms with E-state index < -0.39 is 0 Å². The summed E-state index contributed by atoms with van der Waals surface area (Å²) in [5.41, 5.74) is 0. The van der Waals surface area contributed by atoms with E-state index in [2.05, 4.69) is 53.9 Å². The molecule has 0 aliphatic heterocycles. The second-order valence-corrected chi connectivity index (χ2v) is 3.17. The minimum absolute atomic E-state index is 0.901. The zero-order chi connectivity index (χ0) is 5.70. The Morgan fingerprint density at radius 1 is 1.43 bits per heavy atom. The van der Waals surface area contributed by atoms with Crippen LogP contribution in [-0.2, 0) is 0 Å². The van der Waals surface area contributed by atoms with Crippen LogP contribution < -0.4 is 0 Å². The molecule has 7 heavy (non-hydrogen) atoms. The van der Waals surface area contributed by atoms with E-state index in [9.17, 15) is 0 Å². The first kappa shape index (κ1) is 8.18. The molecule has 0 rings (SSSR count). The van der Waals surface area contributed by atoms with Crippen molar-refractivity contribution < 1.29 is 0 Å². The van der Waals surface area contributed by atoms with E-state index in [1.54, 1.807) is 0 Å². The quantitative estimate of drug-likeness (QED) is 0.686. The van der Waals surface area contributed by atoms with Gasteiger partial charge in [0.1, 0.15) is 0 Å². The van der Waals surface area contributed by atoms with Gasteiger partial charge in [-0.15, -0.1) is 0 Å². The number of hydrogen-bond donors (Lipinski definition) is 0. The molecule has 0 bridgehead atoms. The van der Waals surface area contributed by atoms with Crippen LogP contribution >= 0.6 is 47.8 Å². The highest BCUT2D eigenvalue weighted by Crippen LogP contribution is 2.07. The fourth-order valence-corrected chi connectivity index (χ4v) is 1.35. The lowest BCUT2D eigenvalue weighted by atomic mass is 10.6. The normalized spacial score (nSPS) is 12.1. The van der Waals surface area contributed by atoms with Crippen molar-refractivity contribution in [3.05, 3.63) is 10.6 Å². The van der Waals surface area contributed by atoms with E-state index in [4.69, 9.17) is 0 Å². The van der Waals surface area contributed by atoms with Crippen LogP contribution in [0.2, 0.25) is 0 Å². The van der Waals surface area contributed by atoms with Crippen molar-refractivity contribution >= 4 is 47.8 Å². The van der Waals surface area contributed by atoms with Gasteiger partial charge in [0.2, 0.25) is 0 Å². The molecular formula is C4H5Br3. The van der Waals surface area contributed by atoms with Crippen LogP contribution in [0.15, 0.2) is 10.6 Å². The highest BCUT2D eigenvalue weighted by molar-refractivity contribution is 9.13. The van der Waals surface area contributed by atoms with Gasteiger partial charge in [-0.2, -0.15) is 0 Å². The predicted octanol–water partition coefficient (Wildman–Crippen LogP) is 3.06. The van der Waals surface area contributed by atoms with Crippen LogP contribution in [-0.4, -0.2) is 10.7 Å². The maximum atomic E-state index is 3.32. The molecule has 0 radical (unpaired) electrons. The summed E-state index contributed by atoms with van der Waals surface area (Å²) < 4.78 is 1.18. The zero-order valence-electron chi connectivity index (χ0n) is 3.63. The largest absolute Gasteiger partial charge is 0.0883 e. The number of alkyl halides is 2. The standard InChI is InChI=1S/C4H5Br3/c5-2-1-4(7)3-6/h1H,2-3H2. The maximum Gasteiger partial charge on any atom is 0.0346 e. The summed E-state index contributed by atoms with van der Waals surface area (Å²) in [5, 5.41) is 1.82.